The molecule has 104 valence electrons. The second-order valence-corrected chi connectivity index (χ2v) is 5.35. The maximum Gasteiger partial charge on any atom is 0.134 e. The molecule has 1 heterocycles. The predicted octanol–water partition coefficient (Wildman–Crippen LogP) is 4.75. The second-order valence-electron chi connectivity index (χ2n) is 5.35. The topological polar surface area (TPSA) is 25.2 Å². The van der Waals surface area contributed by atoms with E-state index in [9.17, 15) is 0 Å². The molecule has 0 radical (unpaired) electrons. The molecule has 19 heavy (non-hydrogen) atoms. The molecular weight excluding hydrogens is 234 g/mol. The molecule has 1 aromatic carbocycles. The third-order valence-electron chi connectivity index (χ3n) is 3.67. The van der Waals surface area contributed by atoms with Crippen LogP contribution in [0.2, 0.25) is 0 Å². The van der Waals surface area contributed by atoms with Gasteiger partial charge in [-0.05, 0) is 56.5 Å². The van der Waals surface area contributed by atoms with Crippen molar-refractivity contribution in [2.45, 2.75) is 53.0 Å². The summed E-state index contributed by atoms with van der Waals surface area (Å²) in [7, 11) is 0. The molecule has 1 atom stereocenters. The molecule has 2 heteroatoms. The van der Waals surface area contributed by atoms with Crippen LogP contribution in [0.15, 0.2) is 22.6 Å². The maximum absolute atomic E-state index is 6.03. The van der Waals surface area contributed by atoms with E-state index in [1.165, 1.54) is 22.9 Å². The molecule has 0 spiro atoms. The summed E-state index contributed by atoms with van der Waals surface area (Å²) in [5.74, 6) is 1.08. The minimum absolute atomic E-state index is 0.280. The van der Waals surface area contributed by atoms with E-state index in [2.05, 4.69) is 51.2 Å². The van der Waals surface area contributed by atoms with Crippen LogP contribution in [0.5, 0.6) is 0 Å². The number of rotatable bonds is 6. The quantitative estimate of drug-likeness (QED) is 0.809. The van der Waals surface area contributed by atoms with Crippen molar-refractivity contribution in [1.82, 2.24) is 5.32 Å². The van der Waals surface area contributed by atoms with Crippen LogP contribution in [0.25, 0.3) is 11.0 Å². The first-order valence-electron chi connectivity index (χ1n) is 7.42. The van der Waals surface area contributed by atoms with Gasteiger partial charge in [-0.25, -0.2) is 0 Å². The van der Waals surface area contributed by atoms with Crippen molar-refractivity contribution in [1.29, 1.82) is 0 Å². The fourth-order valence-electron chi connectivity index (χ4n) is 2.60. The standard InChI is InChI=1S/C17H25NO/c1-5-7-14-8-9-16-15(11-14)12(3)17(19-16)13(4)18-10-6-2/h8-9,11,13,18H,5-7,10H2,1-4H3. The molecule has 2 rings (SSSR count). The Bertz CT molecular complexity index is 541. The maximum atomic E-state index is 6.03. The lowest BCUT2D eigenvalue weighted by atomic mass is 10.0. The van der Waals surface area contributed by atoms with Gasteiger partial charge in [0.1, 0.15) is 11.3 Å². The van der Waals surface area contributed by atoms with Crippen molar-refractivity contribution in [2.75, 3.05) is 6.54 Å². The Morgan fingerprint density at radius 2 is 2.00 bits per heavy atom. The third kappa shape index (κ3) is 3.01. The number of hydrogen-bond acceptors (Lipinski definition) is 2. The van der Waals surface area contributed by atoms with Crippen LogP contribution in [0.1, 0.15) is 56.5 Å². The minimum Gasteiger partial charge on any atom is -0.459 e. The fourth-order valence-corrected chi connectivity index (χ4v) is 2.60. The van der Waals surface area contributed by atoms with E-state index in [4.69, 9.17) is 4.42 Å². The van der Waals surface area contributed by atoms with Crippen LogP contribution in [-0.2, 0) is 6.42 Å². The Labute approximate surface area is 116 Å². The highest BCUT2D eigenvalue weighted by atomic mass is 16.3. The average molecular weight is 259 g/mol. The van der Waals surface area contributed by atoms with Crippen LogP contribution >= 0.6 is 0 Å². The minimum atomic E-state index is 0.280. The van der Waals surface area contributed by atoms with Crippen LogP contribution in [0, 0.1) is 6.92 Å². The van der Waals surface area contributed by atoms with Gasteiger partial charge in [0.05, 0.1) is 6.04 Å². The van der Waals surface area contributed by atoms with E-state index >= 15 is 0 Å². The smallest absolute Gasteiger partial charge is 0.134 e. The molecule has 0 aliphatic heterocycles. The number of nitrogens with one attached hydrogen (secondary N) is 1. The van der Waals surface area contributed by atoms with Gasteiger partial charge < -0.3 is 9.73 Å². The zero-order chi connectivity index (χ0) is 13.8. The van der Waals surface area contributed by atoms with Crippen LogP contribution in [0.3, 0.4) is 0 Å². The van der Waals surface area contributed by atoms with Gasteiger partial charge in [-0.3, -0.25) is 0 Å². The summed E-state index contributed by atoms with van der Waals surface area (Å²) >= 11 is 0. The molecule has 2 nitrogen and oxygen atoms in total. The highest BCUT2D eigenvalue weighted by Gasteiger charge is 2.16. The van der Waals surface area contributed by atoms with E-state index in [0.717, 1.165) is 30.7 Å². The Morgan fingerprint density at radius 3 is 2.68 bits per heavy atom. The van der Waals surface area contributed by atoms with Crippen molar-refractivity contribution in [3.8, 4) is 0 Å². The lowest BCUT2D eigenvalue weighted by Crippen LogP contribution is -2.19. The van der Waals surface area contributed by atoms with E-state index in [1.54, 1.807) is 0 Å². The molecule has 0 saturated carbocycles. The molecular formula is C17H25NO. The summed E-state index contributed by atoms with van der Waals surface area (Å²) in [5, 5.41) is 4.77. The summed E-state index contributed by atoms with van der Waals surface area (Å²) in [6, 6.07) is 6.86. The van der Waals surface area contributed by atoms with Gasteiger partial charge >= 0.3 is 0 Å². The van der Waals surface area contributed by atoms with Gasteiger partial charge in [0.25, 0.3) is 0 Å². The molecule has 0 bridgehead atoms. The van der Waals surface area contributed by atoms with Gasteiger partial charge in [0, 0.05) is 5.39 Å². The van der Waals surface area contributed by atoms with Crippen molar-refractivity contribution in [2.24, 2.45) is 0 Å². The summed E-state index contributed by atoms with van der Waals surface area (Å²) in [5.41, 5.74) is 3.70. The Kier molecular flexibility index (Phi) is 4.65. The Morgan fingerprint density at radius 1 is 1.21 bits per heavy atom. The molecule has 0 aliphatic rings. The van der Waals surface area contributed by atoms with E-state index in [0.29, 0.717) is 0 Å². The van der Waals surface area contributed by atoms with Gasteiger partial charge in [-0.15, -0.1) is 0 Å². The summed E-state index contributed by atoms with van der Waals surface area (Å²) < 4.78 is 6.03. The lowest BCUT2D eigenvalue weighted by molar-refractivity contribution is 0.448. The van der Waals surface area contributed by atoms with E-state index < -0.39 is 0 Å². The monoisotopic (exact) mass is 259 g/mol. The van der Waals surface area contributed by atoms with Gasteiger partial charge in [0.15, 0.2) is 0 Å². The molecule has 2 aromatic rings. The van der Waals surface area contributed by atoms with Crippen molar-refractivity contribution >= 4 is 11.0 Å². The number of aryl methyl sites for hydroxylation is 2. The molecule has 1 unspecified atom stereocenters. The highest BCUT2D eigenvalue weighted by Crippen LogP contribution is 2.30. The Hall–Kier alpha value is -1.28. The fraction of sp³-hybridized carbons (Fsp3) is 0.529. The van der Waals surface area contributed by atoms with Crippen LogP contribution in [-0.4, -0.2) is 6.54 Å². The SMILES string of the molecule is CCCNC(C)c1oc2ccc(CCC)cc2c1C. The first kappa shape index (κ1) is 14.1. The van der Waals surface area contributed by atoms with Crippen molar-refractivity contribution in [3.63, 3.8) is 0 Å². The first-order valence-corrected chi connectivity index (χ1v) is 7.42. The average Bonchev–Trinajstić information content (AvgIpc) is 2.74. The normalized spacial score (nSPS) is 13.1. The predicted molar refractivity (Wildman–Crippen MR) is 81.7 cm³/mol. The number of furan rings is 1. The van der Waals surface area contributed by atoms with E-state index in [-0.39, 0.29) is 6.04 Å². The number of benzene rings is 1. The molecule has 0 fully saturated rings. The zero-order valence-corrected chi connectivity index (χ0v) is 12.5. The van der Waals surface area contributed by atoms with E-state index in [1.807, 2.05) is 0 Å². The lowest BCUT2D eigenvalue weighted by Gasteiger charge is -2.11. The van der Waals surface area contributed by atoms with Crippen molar-refractivity contribution in [3.05, 3.63) is 35.1 Å². The van der Waals surface area contributed by atoms with Crippen LogP contribution < -0.4 is 5.32 Å². The summed E-state index contributed by atoms with van der Waals surface area (Å²) in [6.45, 7) is 9.77. The Balaban J connectivity index is 2.33. The van der Waals surface area contributed by atoms with Gasteiger partial charge in [0.2, 0.25) is 0 Å². The number of hydrogen-bond donors (Lipinski definition) is 1. The third-order valence-corrected chi connectivity index (χ3v) is 3.67. The number of fused-ring (bicyclic) bond motifs is 1. The highest BCUT2D eigenvalue weighted by molar-refractivity contribution is 5.82. The molecule has 0 amide bonds. The van der Waals surface area contributed by atoms with Gasteiger partial charge in [-0.1, -0.05) is 26.3 Å². The summed E-state index contributed by atoms with van der Waals surface area (Å²) in [4.78, 5) is 0. The molecule has 0 aliphatic carbocycles. The molecule has 1 N–H and O–H groups in total. The summed E-state index contributed by atoms with van der Waals surface area (Å²) in [6.07, 6.45) is 3.47. The first-order chi connectivity index (χ1) is 9.17. The van der Waals surface area contributed by atoms with Crippen molar-refractivity contribution < 1.29 is 4.42 Å². The molecule has 1 aromatic heterocycles. The molecule has 0 saturated heterocycles. The largest absolute Gasteiger partial charge is 0.459 e. The second kappa shape index (κ2) is 6.25. The van der Waals surface area contributed by atoms with Gasteiger partial charge in [-0.2, -0.15) is 0 Å². The zero-order valence-electron chi connectivity index (χ0n) is 12.5. The van der Waals surface area contributed by atoms with Crippen LogP contribution in [0.4, 0.5) is 0 Å².